The molecule has 0 aromatic carbocycles. The lowest BCUT2D eigenvalue weighted by molar-refractivity contribution is -0.121. The lowest BCUT2D eigenvalue weighted by Crippen LogP contribution is -2.39. The lowest BCUT2D eigenvalue weighted by Gasteiger charge is -2.19. The SMILES string of the molecule is CCn1c(S[C@H](C)C(=O)NC2CCCCCC2)nnc1-c1ccoc1C. The summed E-state index contributed by atoms with van der Waals surface area (Å²) in [6.45, 7) is 6.66. The molecular formula is C19H28N4O2S. The number of rotatable bonds is 6. The maximum Gasteiger partial charge on any atom is 0.233 e. The Kier molecular flexibility index (Phi) is 6.40. The molecule has 142 valence electrons. The number of thioether (sulfide) groups is 1. The maximum absolute atomic E-state index is 12.6. The summed E-state index contributed by atoms with van der Waals surface area (Å²) >= 11 is 1.47. The second-order valence-electron chi connectivity index (χ2n) is 6.90. The van der Waals surface area contributed by atoms with Crippen LogP contribution in [0.25, 0.3) is 11.4 Å². The zero-order valence-electron chi connectivity index (χ0n) is 15.8. The number of nitrogens with one attached hydrogen (secondary N) is 1. The van der Waals surface area contributed by atoms with Gasteiger partial charge in [-0.1, -0.05) is 37.4 Å². The number of aryl methyl sites for hydroxylation is 1. The quantitative estimate of drug-likeness (QED) is 0.604. The summed E-state index contributed by atoms with van der Waals surface area (Å²) in [4.78, 5) is 12.6. The topological polar surface area (TPSA) is 73.0 Å². The fourth-order valence-electron chi connectivity index (χ4n) is 3.43. The first-order valence-electron chi connectivity index (χ1n) is 9.54. The van der Waals surface area contributed by atoms with Crippen molar-refractivity contribution in [3.8, 4) is 11.4 Å². The molecule has 0 spiro atoms. The van der Waals surface area contributed by atoms with Crippen molar-refractivity contribution in [1.82, 2.24) is 20.1 Å². The van der Waals surface area contributed by atoms with Crippen LogP contribution in [-0.4, -0.2) is 32.0 Å². The number of aromatic nitrogens is 3. The molecule has 26 heavy (non-hydrogen) atoms. The Balaban J connectivity index is 1.67. The van der Waals surface area contributed by atoms with Gasteiger partial charge in [0.15, 0.2) is 11.0 Å². The predicted octanol–water partition coefficient (Wildman–Crippen LogP) is 4.19. The predicted molar refractivity (Wildman–Crippen MR) is 103 cm³/mol. The number of carbonyl (C=O) groups excluding carboxylic acids is 1. The molecule has 0 bridgehead atoms. The van der Waals surface area contributed by atoms with Crippen molar-refractivity contribution in [3.63, 3.8) is 0 Å². The molecule has 0 aliphatic heterocycles. The van der Waals surface area contributed by atoms with E-state index in [4.69, 9.17) is 4.42 Å². The smallest absolute Gasteiger partial charge is 0.233 e. The number of furan rings is 1. The van der Waals surface area contributed by atoms with E-state index in [1.54, 1.807) is 6.26 Å². The molecule has 1 atom stereocenters. The van der Waals surface area contributed by atoms with Crippen LogP contribution in [0.15, 0.2) is 21.9 Å². The number of hydrogen-bond acceptors (Lipinski definition) is 5. The number of carbonyl (C=O) groups is 1. The highest BCUT2D eigenvalue weighted by atomic mass is 32.2. The molecule has 2 aromatic rings. The van der Waals surface area contributed by atoms with Crippen LogP contribution >= 0.6 is 11.8 Å². The molecule has 1 fully saturated rings. The molecular weight excluding hydrogens is 348 g/mol. The van der Waals surface area contributed by atoms with Gasteiger partial charge in [0.05, 0.1) is 17.1 Å². The van der Waals surface area contributed by atoms with E-state index in [1.165, 1.54) is 37.4 Å². The van der Waals surface area contributed by atoms with Gasteiger partial charge in [-0.25, -0.2) is 0 Å². The van der Waals surface area contributed by atoms with Crippen LogP contribution in [0.3, 0.4) is 0 Å². The van der Waals surface area contributed by atoms with Gasteiger partial charge in [-0.15, -0.1) is 10.2 Å². The van der Waals surface area contributed by atoms with E-state index in [0.29, 0.717) is 6.04 Å². The van der Waals surface area contributed by atoms with Crippen molar-refractivity contribution in [1.29, 1.82) is 0 Å². The van der Waals surface area contributed by atoms with E-state index in [2.05, 4.69) is 22.4 Å². The highest BCUT2D eigenvalue weighted by molar-refractivity contribution is 8.00. The fraction of sp³-hybridized carbons (Fsp3) is 0.632. The van der Waals surface area contributed by atoms with E-state index in [9.17, 15) is 4.79 Å². The molecule has 7 heteroatoms. The van der Waals surface area contributed by atoms with Gasteiger partial charge >= 0.3 is 0 Å². The Morgan fingerprint density at radius 2 is 2.08 bits per heavy atom. The van der Waals surface area contributed by atoms with Crippen molar-refractivity contribution >= 4 is 17.7 Å². The Morgan fingerprint density at radius 1 is 1.35 bits per heavy atom. The van der Waals surface area contributed by atoms with Crippen LogP contribution in [0, 0.1) is 6.92 Å². The summed E-state index contributed by atoms with van der Waals surface area (Å²) in [5, 5.41) is 12.4. The van der Waals surface area contributed by atoms with Crippen molar-refractivity contribution < 1.29 is 9.21 Å². The summed E-state index contributed by atoms with van der Waals surface area (Å²) in [6, 6.07) is 2.23. The normalized spacial score (nSPS) is 17.0. The summed E-state index contributed by atoms with van der Waals surface area (Å²) in [7, 11) is 0. The van der Waals surface area contributed by atoms with E-state index < -0.39 is 0 Å². The maximum atomic E-state index is 12.6. The zero-order chi connectivity index (χ0) is 18.5. The molecule has 1 aliphatic rings. The van der Waals surface area contributed by atoms with E-state index in [1.807, 2.05) is 24.5 Å². The fourth-order valence-corrected chi connectivity index (χ4v) is 4.35. The molecule has 2 aromatic heterocycles. The minimum Gasteiger partial charge on any atom is -0.469 e. The molecule has 2 heterocycles. The summed E-state index contributed by atoms with van der Waals surface area (Å²) in [5.74, 6) is 1.70. The van der Waals surface area contributed by atoms with Crippen LogP contribution in [0.4, 0.5) is 0 Å². The molecule has 0 saturated heterocycles. The van der Waals surface area contributed by atoms with Gasteiger partial charge in [-0.2, -0.15) is 0 Å². The van der Waals surface area contributed by atoms with Crippen molar-refractivity contribution in [2.24, 2.45) is 0 Å². The van der Waals surface area contributed by atoms with E-state index in [0.717, 1.165) is 41.7 Å². The Morgan fingerprint density at radius 3 is 2.69 bits per heavy atom. The van der Waals surface area contributed by atoms with Gasteiger partial charge in [0.2, 0.25) is 5.91 Å². The Hall–Kier alpha value is -1.76. The molecule has 1 amide bonds. The molecule has 3 rings (SSSR count). The zero-order valence-corrected chi connectivity index (χ0v) is 16.6. The molecule has 0 radical (unpaired) electrons. The third kappa shape index (κ3) is 4.31. The third-order valence-electron chi connectivity index (χ3n) is 4.99. The van der Waals surface area contributed by atoms with Crippen LogP contribution < -0.4 is 5.32 Å². The second-order valence-corrected chi connectivity index (χ2v) is 8.21. The van der Waals surface area contributed by atoms with Gasteiger partial charge in [0.25, 0.3) is 0 Å². The minimum atomic E-state index is -0.203. The average molecular weight is 377 g/mol. The third-order valence-corrected chi connectivity index (χ3v) is 6.07. The van der Waals surface area contributed by atoms with E-state index in [-0.39, 0.29) is 11.2 Å². The van der Waals surface area contributed by atoms with E-state index >= 15 is 0 Å². The highest BCUT2D eigenvalue weighted by Crippen LogP contribution is 2.29. The van der Waals surface area contributed by atoms with Crippen LogP contribution in [0.2, 0.25) is 0 Å². The summed E-state index contributed by atoms with van der Waals surface area (Å²) in [6.07, 6.45) is 8.85. The summed E-state index contributed by atoms with van der Waals surface area (Å²) in [5.41, 5.74) is 0.946. The largest absolute Gasteiger partial charge is 0.469 e. The minimum absolute atomic E-state index is 0.0913. The molecule has 1 aliphatic carbocycles. The molecule has 1 N–H and O–H groups in total. The number of hydrogen-bond donors (Lipinski definition) is 1. The first-order valence-corrected chi connectivity index (χ1v) is 10.4. The Bertz CT molecular complexity index is 732. The molecule has 6 nitrogen and oxygen atoms in total. The Labute approximate surface area is 159 Å². The van der Waals surface area contributed by atoms with Crippen LogP contribution in [-0.2, 0) is 11.3 Å². The number of amides is 1. The van der Waals surface area contributed by atoms with Crippen LogP contribution in [0.5, 0.6) is 0 Å². The molecule has 1 saturated carbocycles. The highest BCUT2D eigenvalue weighted by Gasteiger charge is 2.23. The van der Waals surface area contributed by atoms with Crippen molar-refractivity contribution in [3.05, 3.63) is 18.1 Å². The molecule has 0 unspecified atom stereocenters. The van der Waals surface area contributed by atoms with Gasteiger partial charge in [-0.3, -0.25) is 4.79 Å². The number of nitrogens with zero attached hydrogens (tertiary/aromatic N) is 3. The van der Waals surface area contributed by atoms with Crippen molar-refractivity contribution in [2.75, 3.05) is 0 Å². The first-order chi connectivity index (χ1) is 12.6. The van der Waals surface area contributed by atoms with Gasteiger partial charge in [0, 0.05) is 12.6 Å². The average Bonchev–Trinajstić information content (AvgIpc) is 3.12. The standard InChI is InChI=1S/C19H28N4O2S/c1-4-23-17(16-11-12-25-13(16)2)21-22-19(23)26-14(3)18(24)20-15-9-7-5-6-8-10-15/h11-12,14-15H,4-10H2,1-3H3,(H,20,24)/t14-/m1/s1. The van der Waals surface area contributed by atoms with Gasteiger partial charge < -0.3 is 14.3 Å². The van der Waals surface area contributed by atoms with Crippen LogP contribution in [0.1, 0.15) is 58.1 Å². The lowest BCUT2D eigenvalue weighted by atomic mass is 10.1. The van der Waals surface area contributed by atoms with Gasteiger partial charge in [-0.05, 0) is 39.7 Å². The first kappa shape index (κ1) is 19.0. The van der Waals surface area contributed by atoms with Crippen molar-refractivity contribution in [2.45, 2.75) is 82.3 Å². The monoisotopic (exact) mass is 376 g/mol. The second kappa shape index (κ2) is 8.75. The summed E-state index contributed by atoms with van der Waals surface area (Å²) < 4.78 is 7.43. The van der Waals surface area contributed by atoms with Gasteiger partial charge in [0.1, 0.15) is 5.76 Å².